The highest BCUT2D eigenvalue weighted by molar-refractivity contribution is 6.43. The van der Waals surface area contributed by atoms with Crippen LogP contribution in [0.15, 0.2) is 59.4 Å². The third-order valence-electron chi connectivity index (χ3n) is 4.27. The van der Waals surface area contributed by atoms with Crippen molar-refractivity contribution >= 4 is 23.5 Å². The summed E-state index contributed by atoms with van der Waals surface area (Å²) in [7, 11) is 3.15. The molecule has 1 aromatic heterocycles. The number of nitrogens with one attached hydrogen (secondary N) is 1. The van der Waals surface area contributed by atoms with Crippen LogP contribution in [-0.4, -0.2) is 40.9 Å². The van der Waals surface area contributed by atoms with E-state index in [0.717, 1.165) is 11.1 Å². The second-order valence-corrected chi connectivity index (χ2v) is 5.82. The summed E-state index contributed by atoms with van der Waals surface area (Å²) < 4.78 is 10.6. The van der Waals surface area contributed by atoms with Gasteiger partial charge in [-0.15, -0.1) is 0 Å². The largest absolute Gasteiger partial charge is 0.493 e. The molecule has 0 amide bonds. The van der Waals surface area contributed by atoms with Crippen molar-refractivity contribution in [2.45, 2.75) is 0 Å². The number of aromatic nitrogens is 3. The fourth-order valence-electron chi connectivity index (χ4n) is 3.01. The molecule has 7 heteroatoms. The van der Waals surface area contributed by atoms with Crippen molar-refractivity contribution in [3.8, 4) is 11.5 Å². The van der Waals surface area contributed by atoms with Gasteiger partial charge >= 0.3 is 0 Å². The number of H-pyrrole nitrogens is 1. The smallest absolute Gasteiger partial charge is 0.245 e. The van der Waals surface area contributed by atoms with Gasteiger partial charge in [0.15, 0.2) is 17.3 Å². The Morgan fingerprint density at radius 2 is 1.81 bits per heavy atom. The van der Waals surface area contributed by atoms with Crippen LogP contribution in [0.5, 0.6) is 11.5 Å². The monoisotopic (exact) mass is 360 g/mol. The minimum atomic E-state index is -0.0846. The van der Waals surface area contributed by atoms with Crippen molar-refractivity contribution < 1.29 is 14.3 Å². The molecule has 0 unspecified atom stereocenters. The van der Waals surface area contributed by atoms with Gasteiger partial charge in [0.05, 0.1) is 19.9 Å². The van der Waals surface area contributed by atoms with Crippen molar-refractivity contribution in [1.82, 2.24) is 15.2 Å². The Kier molecular flexibility index (Phi) is 4.25. The quantitative estimate of drug-likeness (QED) is 0.722. The second kappa shape index (κ2) is 6.87. The van der Waals surface area contributed by atoms with E-state index in [1.54, 1.807) is 32.4 Å². The number of aromatic amines is 1. The molecule has 4 rings (SSSR count). The van der Waals surface area contributed by atoms with Crippen LogP contribution in [0.25, 0.3) is 6.08 Å². The van der Waals surface area contributed by atoms with E-state index in [-0.39, 0.29) is 5.78 Å². The van der Waals surface area contributed by atoms with E-state index in [0.29, 0.717) is 34.3 Å². The number of fused-ring (bicyclic) bond motifs is 1. The number of nitrogens with zero attached hydrogens (tertiary/aromatic N) is 3. The lowest BCUT2D eigenvalue weighted by molar-refractivity contribution is 0.104. The zero-order valence-corrected chi connectivity index (χ0v) is 14.8. The highest BCUT2D eigenvalue weighted by Crippen LogP contribution is 2.32. The van der Waals surface area contributed by atoms with Crippen molar-refractivity contribution in [3.63, 3.8) is 0 Å². The molecule has 1 heterocycles. The van der Waals surface area contributed by atoms with Crippen LogP contribution < -0.4 is 9.47 Å². The van der Waals surface area contributed by atoms with Gasteiger partial charge in [-0.3, -0.25) is 4.79 Å². The van der Waals surface area contributed by atoms with Gasteiger partial charge in [-0.1, -0.05) is 30.3 Å². The number of ketones is 1. The minimum Gasteiger partial charge on any atom is -0.493 e. The number of carbonyl (C=O) groups is 1. The normalized spacial score (nSPS) is 16.0. The molecule has 0 aliphatic heterocycles. The van der Waals surface area contributed by atoms with Crippen molar-refractivity contribution in [2.75, 3.05) is 14.2 Å². The average molecular weight is 360 g/mol. The molecule has 0 bridgehead atoms. The molecule has 2 aromatic carbocycles. The van der Waals surface area contributed by atoms with Crippen LogP contribution in [0.2, 0.25) is 0 Å². The molecular formula is C20H16N4O3. The van der Waals surface area contributed by atoms with Crippen molar-refractivity contribution in [2.24, 2.45) is 4.99 Å². The summed E-state index contributed by atoms with van der Waals surface area (Å²) in [6.45, 7) is 0. The number of aliphatic imine (C=N–C) groups is 1. The lowest BCUT2D eigenvalue weighted by Crippen LogP contribution is -2.02. The molecular weight excluding hydrogens is 344 g/mol. The van der Waals surface area contributed by atoms with Gasteiger partial charge in [-0.2, -0.15) is 10.1 Å². The predicted molar refractivity (Wildman–Crippen MR) is 101 cm³/mol. The Labute approximate surface area is 155 Å². The fourth-order valence-corrected chi connectivity index (χ4v) is 3.01. The maximum atomic E-state index is 13.0. The molecule has 1 N–H and O–H groups in total. The van der Waals surface area contributed by atoms with E-state index >= 15 is 0 Å². The maximum absolute atomic E-state index is 13.0. The molecule has 134 valence electrons. The molecule has 0 saturated carbocycles. The number of carbonyl (C=O) groups excluding carboxylic acids is 1. The van der Waals surface area contributed by atoms with E-state index in [2.05, 4.69) is 20.2 Å². The minimum absolute atomic E-state index is 0.0846. The molecule has 1 aliphatic rings. The number of benzene rings is 2. The fraction of sp³-hybridized carbons (Fsp3) is 0.100. The van der Waals surface area contributed by atoms with Gasteiger partial charge in [0.1, 0.15) is 6.33 Å². The second-order valence-electron chi connectivity index (χ2n) is 5.82. The molecule has 0 spiro atoms. The van der Waals surface area contributed by atoms with Gasteiger partial charge in [0.2, 0.25) is 5.95 Å². The molecule has 3 aromatic rings. The summed E-state index contributed by atoms with van der Waals surface area (Å²) in [6.07, 6.45) is 3.17. The third kappa shape index (κ3) is 2.99. The van der Waals surface area contributed by atoms with E-state index in [1.165, 1.54) is 6.33 Å². The number of hydrogen-bond acceptors (Lipinski definition) is 6. The summed E-state index contributed by atoms with van der Waals surface area (Å²) in [6, 6.07) is 12.8. The van der Waals surface area contributed by atoms with Gasteiger partial charge in [0, 0.05) is 16.7 Å². The van der Waals surface area contributed by atoms with Gasteiger partial charge in [0.25, 0.3) is 0 Å². The van der Waals surface area contributed by atoms with Gasteiger partial charge in [-0.05, 0) is 23.8 Å². The first-order chi connectivity index (χ1) is 13.2. The summed E-state index contributed by atoms with van der Waals surface area (Å²) in [4.78, 5) is 21.5. The van der Waals surface area contributed by atoms with Crippen molar-refractivity contribution in [1.29, 1.82) is 0 Å². The van der Waals surface area contributed by atoms with Crippen LogP contribution in [0, 0.1) is 0 Å². The molecule has 0 atom stereocenters. The Morgan fingerprint density at radius 1 is 1.04 bits per heavy atom. The lowest BCUT2D eigenvalue weighted by Gasteiger charge is -2.08. The van der Waals surface area contributed by atoms with Crippen LogP contribution in [0.1, 0.15) is 21.5 Å². The zero-order valence-electron chi connectivity index (χ0n) is 14.8. The Balaban J connectivity index is 1.86. The first-order valence-electron chi connectivity index (χ1n) is 8.23. The lowest BCUT2D eigenvalue weighted by atomic mass is 10.1. The highest BCUT2D eigenvalue weighted by atomic mass is 16.5. The standard InChI is InChI=1S/C20H16N4O3/c1-26-16-8-7-12(10-17(16)27-2)9-15-18(23-20-21-11-22-24-20)13-5-3-4-6-14(13)19(15)25/h3-11H,1-2H3,(H,21,22,24)/b15-9-,23-18-. The Bertz CT molecular complexity index is 1070. The maximum Gasteiger partial charge on any atom is 0.245 e. The van der Waals surface area contributed by atoms with E-state index in [4.69, 9.17) is 9.47 Å². The number of Topliss-reactive ketones (excluding diaryl/α,β-unsaturated/α-hetero) is 1. The Hall–Kier alpha value is -3.74. The summed E-state index contributed by atoms with van der Waals surface area (Å²) >= 11 is 0. The molecule has 27 heavy (non-hydrogen) atoms. The first-order valence-corrected chi connectivity index (χ1v) is 8.23. The molecule has 0 radical (unpaired) electrons. The third-order valence-corrected chi connectivity index (χ3v) is 4.27. The Morgan fingerprint density at radius 3 is 2.52 bits per heavy atom. The number of allylic oxidation sites excluding steroid dienone is 1. The zero-order chi connectivity index (χ0) is 18.8. The van der Waals surface area contributed by atoms with E-state index in [9.17, 15) is 4.79 Å². The topological polar surface area (TPSA) is 89.5 Å². The van der Waals surface area contributed by atoms with Crippen LogP contribution in [-0.2, 0) is 0 Å². The SMILES string of the molecule is COc1ccc(/C=C2\C(=O)c3ccccc3\C2=N\c2ncn[nH]2)cc1OC. The number of methoxy groups -OCH3 is 2. The van der Waals surface area contributed by atoms with Crippen LogP contribution in [0.3, 0.4) is 0 Å². The van der Waals surface area contributed by atoms with Gasteiger partial charge < -0.3 is 9.47 Å². The van der Waals surface area contributed by atoms with E-state index < -0.39 is 0 Å². The average Bonchev–Trinajstić information content (AvgIpc) is 3.31. The molecule has 0 saturated heterocycles. The number of hydrogen-bond donors (Lipinski definition) is 1. The van der Waals surface area contributed by atoms with E-state index in [1.807, 2.05) is 30.3 Å². The number of rotatable bonds is 4. The van der Waals surface area contributed by atoms with Gasteiger partial charge in [-0.25, -0.2) is 10.1 Å². The highest BCUT2D eigenvalue weighted by Gasteiger charge is 2.31. The summed E-state index contributed by atoms with van der Waals surface area (Å²) in [5, 5.41) is 6.52. The van der Waals surface area contributed by atoms with Crippen molar-refractivity contribution in [3.05, 3.63) is 71.1 Å². The predicted octanol–water partition coefficient (Wildman–Crippen LogP) is 3.22. The molecule has 0 fully saturated rings. The van der Waals surface area contributed by atoms with Crippen LogP contribution >= 0.6 is 0 Å². The van der Waals surface area contributed by atoms with Crippen LogP contribution in [0.4, 0.5) is 5.95 Å². The summed E-state index contributed by atoms with van der Waals surface area (Å²) in [5.74, 6) is 1.46. The number of ether oxygens (including phenoxy) is 2. The first kappa shape index (κ1) is 16.7. The molecule has 1 aliphatic carbocycles. The summed E-state index contributed by atoms with van der Waals surface area (Å²) in [5.41, 5.74) is 3.23. The molecule has 7 nitrogen and oxygen atoms in total.